The van der Waals surface area contributed by atoms with Gasteiger partial charge in [-0.1, -0.05) is 12.1 Å². The maximum absolute atomic E-state index is 12.8. The van der Waals surface area contributed by atoms with Gasteiger partial charge in [0, 0.05) is 6.04 Å². The fourth-order valence-electron chi connectivity index (χ4n) is 3.15. The molecule has 3 aromatic rings. The van der Waals surface area contributed by atoms with Crippen LogP contribution in [0.25, 0.3) is 11.0 Å². The van der Waals surface area contributed by atoms with Crippen molar-refractivity contribution in [2.24, 2.45) is 5.92 Å². The Labute approximate surface area is 161 Å². The molecule has 1 aromatic heterocycles. The smallest absolute Gasteiger partial charge is 0.323 e. The van der Waals surface area contributed by atoms with Crippen LogP contribution in [0.3, 0.4) is 0 Å². The molecular formula is C19H20N4O4S. The Bertz CT molecular complexity index is 1210. The van der Waals surface area contributed by atoms with Crippen molar-refractivity contribution in [3.05, 3.63) is 58.5 Å². The average molecular weight is 400 g/mol. The molecule has 1 heterocycles. The number of rotatable bonds is 6. The number of benzene rings is 2. The molecule has 1 aliphatic rings. The predicted octanol–water partition coefficient (Wildman–Crippen LogP) is 2.19. The molecule has 9 heteroatoms. The second-order valence-corrected chi connectivity index (χ2v) is 8.72. The lowest BCUT2D eigenvalue weighted by molar-refractivity contribution is 0.0936. The molecule has 8 nitrogen and oxygen atoms in total. The van der Waals surface area contributed by atoms with Crippen molar-refractivity contribution in [2.45, 2.75) is 30.7 Å². The number of aromatic amines is 2. The van der Waals surface area contributed by atoms with E-state index in [-0.39, 0.29) is 28.1 Å². The summed E-state index contributed by atoms with van der Waals surface area (Å²) in [4.78, 5) is 29.1. The molecule has 1 aliphatic carbocycles. The van der Waals surface area contributed by atoms with Crippen LogP contribution in [-0.4, -0.2) is 30.3 Å². The van der Waals surface area contributed by atoms with E-state index in [1.54, 1.807) is 24.3 Å². The highest BCUT2D eigenvalue weighted by Gasteiger charge is 2.29. The molecular weight excluding hydrogens is 380 g/mol. The van der Waals surface area contributed by atoms with Crippen LogP contribution in [0.15, 0.2) is 52.2 Å². The zero-order valence-corrected chi connectivity index (χ0v) is 16.0. The first-order valence-corrected chi connectivity index (χ1v) is 10.5. The fraction of sp³-hybridized carbons (Fsp3) is 0.263. The Morgan fingerprint density at radius 2 is 1.82 bits per heavy atom. The Morgan fingerprint density at radius 1 is 1.11 bits per heavy atom. The van der Waals surface area contributed by atoms with E-state index >= 15 is 0 Å². The van der Waals surface area contributed by atoms with Crippen LogP contribution in [0.2, 0.25) is 0 Å². The van der Waals surface area contributed by atoms with Crippen LogP contribution in [0.4, 0.5) is 5.69 Å². The molecule has 0 bridgehead atoms. The number of hydrogen-bond donors (Lipinski definition) is 4. The van der Waals surface area contributed by atoms with Gasteiger partial charge in [0.15, 0.2) is 0 Å². The van der Waals surface area contributed by atoms with Crippen LogP contribution >= 0.6 is 0 Å². The van der Waals surface area contributed by atoms with E-state index in [1.165, 1.54) is 18.2 Å². The molecule has 2 aromatic carbocycles. The number of anilines is 1. The average Bonchev–Trinajstić information content (AvgIpc) is 3.42. The number of amides is 1. The van der Waals surface area contributed by atoms with Crippen molar-refractivity contribution < 1.29 is 13.2 Å². The van der Waals surface area contributed by atoms with Crippen molar-refractivity contribution in [3.8, 4) is 0 Å². The molecule has 1 unspecified atom stereocenters. The Morgan fingerprint density at radius 3 is 2.57 bits per heavy atom. The van der Waals surface area contributed by atoms with Crippen LogP contribution in [0.1, 0.15) is 30.1 Å². The summed E-state index contributed by atoms with van der Waals surface area (Å²) in [6.07, 6.45) is 2.19. The molecule has 146 valence electrons. The molecule has 1 amide bonds. The number of fused-ring (bicyclic) bond motifs is 1. The van der Waals surface area contributed by atoms with E-state index in [9.17, 15) is 18.0 Å². The minimum atomic E-state index is -3.95. The molecule has 4 N–H and O–H groups in total. The van der Waals surface area contributed by atoms with Crippen LogP contribution in [0.5, 0.6) is 0 Å². The van der Waals surface area contributed by atoms with Crippen LogP contribution in [-0.2, 0) is 10.0 Å². The van der Waals surface area contributed by atoms with Crippen molar-refractivity contribution >= 4 is 32.7 Å². The highest BCUT2D eigenvalue weighted by Crippen LogP contribution is 2.32. The maximum atomic E-state index is 12.8. The summed E-state index contributed by atoms with van der Waals surface area (Å²) in [5.41, 5.74) is 0.944. The molecule has 4 rings (SSSR count). The largest absolute Gasteiger partial charge is 0.349 e. The summed E-state index contributed by atoms with van der Waals surface area (Å²) in [5.74, 6) is 0.172. The summed E-state index contributed by atoms with van der Waals surface area (Å²) in [6, 6.07) is 10.8. The third-order valence-corrected chi connectivity index (χ3v) is 6.26. The summed E-state index contributed by atoms with van der Waals surface area (Å²) < 4.78 is 28.1. The molecule has 0 aliphatic heterocycles. The second-order valence-electron chi connectivity index (χ2n) is 7.04. The zero-order valence-electron chi connectivity index (χ0n) is 15.2. The summed E-state index contributed by atoms with van der Waals surface area (Å²) in [6.45, 7) is 1.95. The molecule has 28 heavy (non-hydrogen) atoms. The minimum absolute atomic E-state index is 0.0168. The minimum Gasteiger partial charge on any atom is -0.349 e. The van der Waals surface area contributed by atoms with Crippen molar-refractivity contribution in [1.29, 1.82) is 0 Å². The quantitative estimate of drug-likeness (QED) is 0.506. The first-order chi connectivity index (χ1) is 13.3. The molecule has 0 spiro atoms. The predicted molar refractivity (Wildman–Crippen MR) is 106 cm³/mol. The van der Waals surface area contributed by atoms with Gasteiger partial charge in [-0.3, -0.25) is 9.52 Å². The van der Waals surface area contributed by atoms with Gasteiger partial charge in [-0.25, -0.2) is 13.2 Å². The van der Waals surface area contributed by atoms with E-state index in [0.717, 1.165) is 12.8 Å². The first kappa shape index (κ1) is 18.3. The van der Waals surface area contributed by atoms with E-state index in [0.29, 0.717) is 17.0 Å². The number of imidazole rings is 1. The van der Waals surface area contributed by atoms with Gasteiger partial charge in [0.2, 0.25) is 0 Å². The standard InChI is InChI=1S/C19H20N4O4S/c1-11(12-6-7-12)20-18(24)14-4-2-3-5-15(14)23-28(26,27)13-8-9-16-17(10-13)22-19(25)21-16/h2-5,8-12,23H,6-7H2,1H3,(H,20,24)(H2,21,22,25). The van der Waals surface area contributed by atoms with Gasteiger partial charge >= 0.3 is 5.69 Å². The third kappa shape index (κ3) is 3.65. The molecule has 1 atom stereocenters. The van der Waals surface area contributed by atoms with E-state index in [4.69, 9.17) is 0 Å². The number of para-hydroxylation sites is 1. The number of nitrogens with one attached hydrogen (secondary N) is 4. The number of sulfonamides is 1. The van der Waals surface area contributed by atoms with Gasteiger partial charge in [-0.05, 0) is 56.0 Å². The molecule has 0 radical (unpaired) electrons. The maximum Gasteiger partial charge on any atom is 0.323 e. The van der Waals surface area contributed by atoms with Crippen molar-refractivity contribution in [1.82, 2.24) is 15.3 Å². The van der Waals surface area contributed by atoms with Gasteiger partial charge in [0.05, 0.1) is 27.2 Å². The van der Waals surface area contributed by atoms with E-state index in [1.807, 2.05) is 6.92 Å². The summed E-state index contributed by atoms with van der Waals surface area (Å²) >= 11 is 0. The number of aromatic nitrogens is 2. The Balaban J connectivity index is 1.61. The summed E-state index contributed by atoms with van der Waals surface area (Å²) in [7, 11) is -3.95. The van der Waals surface area contributed by atoms with Gasteiger partial charge in [0.25, 0.3) is 15.9 Å². The lowest BCUT2D eigenvalue weighted by atomic mass is 10.1. The van der Waals surface area contributed by atoms with Gasteiger partial charge < -0.3 is 15.3 Å². The third-order valence-electron chi connectivity index (χ3n) is 4.90. The molecule has 0 saturated heterocycles. The lowest BCUT2D eigenvalue weighted by Crippen LogP contribution is -2.34. The number of hydrogen-bond acceptors (Lipinski definition) is 4. The van der Waals surface area contributed by atoms with Gasteiger partial charge in [-0.2, -0.15) is 0 Å². The topological polar surface area (TPSA) is 124 Å². The van der Waals surface area contributed by atoms with Gasteiger partial charge in [0.1, 0.15) is 0 Å². The van der Waals surface area contributed by atoms with Gasteiger partial charge in [-0.15, -0.1) is 0 Å². The number of carbonyl (C=O) groups is 1. The Kier molecular flexibility index (Phi) is 4.46. The zero-order chi connectivity index (χ0) is 19.9. The van der Waals surface area contributed by atoms with E-state index in [2.05, 4.69) is 20.0 Å². The number of H-pyrrole nitrogens is 2. The van der Waals surface area contributed by atoms with Crippen molar-refractivity contribution in [3.63, 3.8) is 0 Å². The van der Waals surface area contributed by atoms with Crippen LogP contribution < -0.4 is 15.7 Å². The second kappa shape index (κ2) is 6.83. The lowest BCUT2D eigenvalue weighted by Gasteiger charge is -2.16. The summed E-state index contributed by atoms with van der Waals surface area (Å²) in [5, 5.41) is 2.93. The monoisotopic (exact) mass is 400 g/mol. The highest BCUT2D eigenvalue weighted by molar-refractivity contribution is 7.92. The fourth-order valence-corrected chi connectivity index (χ4v) is 4.26. The highest BCUT2D eigenvalue weighted by atomic mass is 32.2. The molecule has 1 fully saturated rings. The first-order valence-electron chi connectivity index (χ1n) is 8.98. The Hall–Kier alpha value is -3.07. The SMILES string of the molecule is CC(NC(=O)c1ccccc1NS(=O)(=O)c1ccc2[nH]c(=O)[nH]c2c1)C1CC1. The van der Waals surface area contributed by atoms with Crippen molar-refractivity contribution in [2.75, 3.05) is 4.72 Å². The van der Waals surface area contributed by atoms with E-state index < -0.39 is 15.7 Å². The molecule has 1 saturated carbocycles. The number of carbonyl (C=O) groups excluding carboxylic acids is 1. The normalized spacial score (nSPS) is 15.3. The van der Waals surface area contributed by atoms with Crippen LogP contribution in [0, 0.1) is 5.92 Å².